The van der Waals surface area contributed by atoms with Crippen molar-refractivity contribution < 1.29 is 13.2 Å². The van der Waals surface area contributed by atoms with Gasteiger partial charge in [-0.05, 0) is 38.7 Å². The Bertz CT molecular complexity index is 1070. The van der Waals surface area contributed by atoms with E-state index in [1.54, 1.807) is 17.1 Å². The minimum atomic E-state index is -0.694. The molecule has 1 aliphatic rings. The average Bonchev–Trinajstić information content (AvgIpc) is 3.04. The smallest absolute Gasteiger partial charge is 0.186 e. The highest BCUT2D eigenvalue weighted by atomic mass is 127. The number of benzene rings is 1. The Morgan fingerprint density at radius 2 is 2.03 bits per heavy atom. The van der Waals surface area contributed by atoms with E-state index in [1.165, 1.54) is 15.2 Å². The number of anilines is 1. The largest absolute Gasteiger partial charge is 0.365 e. The van der Waals surface area contributed by atoms with Crippen molar-refractivity contribution in [3.05, 3.63) is 41.5 Å². The maximum atomic E-state index is 14.7. The molecule has 2 aromatic heterocycles. The van der Waals surface area contributed by atoms with Crippen LogP contribution in [0, 0.1) is 24.4 Å². The topological polar surface area (TPSA) is 68.8 Å². The van der Waals surface area contributed by atoms with Crippen molar-refractivity contribution in [3.63, 3.8) is 0 Å². The second-order valence-corrected chi connectivity index (χ2v) is 9.00. The lowest BCUT2D eigenvalue weighted by Gasteiger charge is -2.28. The summed E-state index contributed by atoms with van der Waals surface area (Å²) in [6.07, 6.45) is 5.18. The number of nitrogens with zero attached hydrogens (tertiary/aromatic N) is 3. The van der Waals surface area contributed by atoms with Gasteiger partial charge in [-0.25, -0.2) is 23.1 Å². The SMILES string of the molecule is Cc1nc(-c2cn(SI)c3c(F)cc(F)cc23)nc(N[C@@H]2CCC[C@H](N)C2)c1F. The molecule has 4 rings (SSSR count). The maximum absolute atomic E-state index is 14.7. The molecular weight excluding hydrogens is 514 g/mol. The van der Waals surface area contributed by atoms with Crippen molar-refractivity contribution in [2.45, 2.75) is 44.7 Å². The third-order valence-corrected chi connectivity index (χ3v) is 6.88. The third kappa shape index (κ3) is 4.06. The average molecular weight is 533 g/mol. The Balaban J connectivity index is 1.81. The molecule has 3 aromatic rings. The van der Waals surface area contributed by atoms with E-state index >= 15 is 0 Å². The monoisotopic (exact) mass is 533 g/mol. The van der Waals surface area contributed by atoms with Gasteiger partial charge in [0.1, 0.15) is 5.82 Å². The van der Waals surface area contributed by atoms with E-state index in [-0.39, 0.29) is 34.9 Å². The first-order valence-electron chi connectivity index (χ1n) is 9.23. The van der Waals surface area contributed by atoms with E-state index < -0.39 is 17.5 Å². The number of fused-ring (bicyclic) bond motifs is 1. The molecule has 0 amide bonds. The zero-order valence-electron chi connectivity index (χ0n) is 15.6. The van der Waals surface area contributed by atoms with Gasteiger partial charge in [0, 0.05) is 65.6 Å². The molecule has 1 aliphatic carbocycles. The molecule has 3 N–H and O–H groups in total. The molecule has 0 radical (unpaired) electrons. The van der Waals surface area contributed by atoms with Crippen LogP contribution in [0.15, 0.2) is 18.3 Å². The van der Waals surface area contributed by atoms with Crippen molar-refractivity contribution in [2.24, 2.45) is 5.73 Å². The Labute approximate surface area is 182 Å². The summed E-state index contributed by atoms with van der Waals surface area (Å²) in [6.45, 7) is 1.55. The highest BCUT2D eigenvalue weighted by Crippen LogP contribution is 2.36. The Morgan fingerprint density at radius 1 is 1.24 bits per heavy atom. The summed E-state index contributed by atoms with van der Waals surface area (Å²) >= 11 is 2.01. The van der Waals surface area contributed by atoms with Gasteiger partial charge in [-0.2, -0.15) is 0 Å². The number of nitrogens with one attached hydrogen (secondary N) is 1. The molecule has 29 heavy (non-hydrogen) atoms. The van der Waals surface area contributed by atoms with Crippen LogP contribution in [0.4, 0.5) is 19.0 Å². The molecule has 1 saturated carbocycles. The molecule has 5 nitrogen and oxygen atoms in total. The van der Waals surface area contributed by atoms with Crippen molar-refractivity contribution in [1.82, 2.24) is 13.9 Å². The highest BCUT2D eigenvalue weighted by Gasteiger charge is 2.23. The van der Waals surface area contributed by atoms with Crippen molar-refractivity contribution in [3.8, 4) is 11.4 Å². The van der Waals surface area contributed by atoms with Crippen molar-refractivity contribution in [2.75, 3.05) is 5.32 Å². The van der Waals surface area contributed by atoms with Crippen LogP contribution in [0.2, 0.25) is 0 Å². The minimum absolute atomic E-state index is 0.0246. The first-order valence-corrected chi connectivity index (χ1v) is 12.5. The number of nitrogens with two attached hydrogens (primary N) is 1. The van der Waals surface area contributed by atoms with Gasteiger partial charge in [-0.1, -0.05) is 0 Å². The predicted octanol–water partition coefficient (Wildman–Crippen LogP) is 5.35. The summed E-state index contributed by atoms with van der Waals surface area (Å²) in [5.41, 5.74) is 6.87. The summed E-state index contributed by atoms with van der Waals surface area (Å²) in [5, 5.41) is 3.49. The van der Waals surface area contributed by atoms with Gasteiger partial charge in [0.15, 0.2) is 23.3 Å². The molecule has 0 bridgehead atoms. The molecule has 2 atom stereocenters. The first kappa shape index (κ1) is 20.7. The standard InChI is InChI=1S/C19H19F3IN5S/c1-9-16(22)19(26-12-4-2-3-11(24)7-12)27-18(25-9)14-8-28(29-23)17-13(14)5-10(20)6-15(17)21/h5-6,8,11-12H,2-4,7,24H2,1H3,(H,25,26,27)/t11-,12+/m0/s1. The van der Waals surface area contributed by atoms with E-state index in [0.29, 0.717) is 10.9 Å². The van der Waals surface area contributed by atoms with Gasteiger partial charge < -0.3 is 11.1 Å². The Morgan fingerprint density at radius 3 is 2.76 bits per heavy atom. The van der Waals surface area contributed by atoms with Crippen LogP contribution in [0.5, 0.6) is 0 Å². The molecule has 2 heterocycles. The normalized spacial score (nSPS) is 19.7. The summed E-state index contributed by atoms with van der Waals surface area (Å²) in [6, 6.07) is 2.19. The molecule has 10 heteroatoms. The van der Waals surface area contributed by atoms with E-state index in [4.69, 9.17) is 5.73 Å². The molecule has 0 saturated heterocycles. The quantitative estimate of drug-likeness (QED) is 0.443. The molecule has 1 fully saturated rings. The van der Waals surface area contributed by atoms with E-state index in [9.17, 15) is 13.2 Å². The zero-order valence-corrected chi connectivity index (χ0v) is 18.5. The van der Waals surface area contributed by atoms with Crippen LogP contribution in [-0.4, -0.2) is 26.0 Å². The fourth-order valence-corrected chi connectivity index (χ4v) is 5.14. The fourth-order valence-electron chi connectivity index (χ4n) is 3.81. The number of rotatable bonds is 4. The molecule has 0 spiro atoms. The van der Waals surface area contributed by atoms with Gasteiger partial charge in [-0.15, -0.1) is 0 Å². The van der Waals surface area contributed by atoms with Crippen LogP contribution < -0.4 is 11.1 Å². The number of hydrogen-bond acceptors (Lipinski definition) is 5. The van der Waals surface area contributed by atoms with Gasteiger partial charge in [0.05, 0.1) is 11.2 Å². The summed E-state index contributed by atoms with van der Waals surface area (Å²) in [4.78, 5) is 8.62. The number of hydrogen-bond donors (Lipinski definition) is 2. The fraction of sp³-hybridized carbons (Fsp3) is 0.368. The first-order chi connectivity index (χ1) is 13.9. The Hall–Kier alpha value is -1.53. The lowest BCUT2D eigenvalue weighted by molar-refractivity contribution is 0.407. The lowest BCUT2D eigenvalue weighted by Crippen LogP contribution is -2.35. The highest BCUT2D eigenvalue weighted by molar-refractivity contribution is 14.2. The molecule has 0 unspecified atom stereocenters. The van der Waals surface area contributed by atoms with Crippen molar-refractivity contribution >= 4 is 47.0 Å². The second-order valence-electron chi connectivity index (χ2n) is 7.28. The molecular formula is C19H19F3IN5S. The molecule has 0 aliphatic heterocycles. The lowest BCUT2D eigenvalue weighted by atomic mass is 9.91. The molecule has 1 aromatic carbocycles. The second kappa shape index (κ2) is 8.31. The third-order valence-electron chi connectivity index (χ3n) is 5.17. The van der Waals surface area contributed by atoms with E-state index in [1.807, 2.05) is 21.2 Å². The Kier molecular flexibility index (Phi) is 5.94. The maximum Gasteiger partial charge on any atom is 0.186 e. The minimum Gasteiger partial charge on any atom is -0.365 e. The van der Waals surface area contributed by atoms with Crippen LogP contribution in [0.25, 0.3) is 22.3 Å². The van der Waals surface area contributed by atoms with Crippen LogP contribution in [0.1, 0.15) is 31.4 Å². The van der Waals surface area contributed by atoms with Gasteiger partial charge in [0.25, 0.3) is 0 Å². The number of aromatic nitrogens is 3. The molecule has 154 valence electrons. The van der Waals surface area contributed by atoms with Crippen molar-refractivity contribution in [1.29, 1.82) is 0 Å². The summed E-state index contributed by atoms with van der Waals surface area (Å²) in [7, 11) is 1.24. The number of aryl methyl sites for hydroxylation is 1. The summed E-state index contributed by atoms with van der Waals surface area (Å²) < 4.78 is 44.6. The summed E-state index contributed by atoms with van der Waals surface area (Å²) in [5.74, 6) is -1.60. The van der Waals surface area contributed by atoms with E-state index in [0.717, 1.165) is 31.7 Å². The van der Waals surface area contributed by atoms with Gasteiger partial charge >= 0.3 is 0 Å². The zero-order chi connectivity index (χ0) is 20.7. The van der Waals surface area contributed by atoms with E-state index in [2.05, 4.69) is 15.3 Å². The van der Waals surface area contributed by atoms with Crippen LogP contribution >= 0.6 is 30.3 Å². The van der Waals surface area contributed by atoms with Crippen LogP contribution in [-0.2, 0) is 0 Å². The van der Waals surface area contributed by atoms with Crippen LogP contribution in [0.3, 0.4) is 0 Å². The van der Waals surface area contributed by atoms with Gasteiger partial charge in [-0.3, -0.25) is 3.97 Å². The van der Waals surface area contributed by atoms with Gasteiger partial charge in [0.2, 0.25) is 0 Å². The predicted molar refractivity (Wildman–Crippen MR) is 118 cm³/mol. The number of halogens is 4.